The molecule has 0 aliphatic heterocycles. The van der Waals surface area contributed by atoms with Crippen LogP contribution in [0.15, 0.2) is 29.6 Å². The maximum atomic E-state index is 13.1. The Morgan fingerprint density at radius 3 is 2.42 bits per heavy atom. The van der Waals surface area contributed by atoms with E-state index in [0.717, 1.165) is 17.4 Å². The SMILES string of the molecule is OC(c1ccc(F)c(C(F)(F)F)c1)c1cc(Cl)cs1. The van der Waals surface area contributed by atoms with E-state index in [1.165, 1.54) is 6.07 Å². The number of benzene rings is 1. The van der Waals surface area contributed by atoms with Crippen LogP contribution in [0.4, 0.5) is 17.6 Å². The number of alkyl halides is 3. The maximum Gasteiger partial charge on any atom is 0.419 e. The molecule has 1 N–H and O–H groups in total. The highest BCUT2D eigenvalue weighted by molar-refractivity contribution is 7.10. The van der Waals surface area contributed by atoms with Crippen molar-refractivity contribution in [1.29, 1.82) is 0 Å². The standard InChI is InChI=1S/C12H7ClF4OS/c13-7-4-10(19-5-7)11(18)6-1-2-9(14)8(3-6)12(15,16)17/h1-5,11,18H. The molecule has 1 atom stereocenters. The molecule has 102 valence electrons. The first kappa shape index (κ1) is 14.3. The van der Waals surface area contributed by atoms with Crippen molar-refractivity contribution in [2.45, 2.75) is 12.3 Å². The molecule has 19 heavy (non-hydrogen) atoms. The fraction of sp³-hybridized carbons (Fsp3) is 0.167. The van der Waals surface area contributed by atoms with Gasteiger partial charge in [0.1, 0.15) is 11.9 Å². The minimum Gasteiger partial charge on any atom is -0.383 e. The minimum atomic E-state index is -4.80. The predicted molar refractivity (Wildman–Crippen MR) is 64.8 cm³/mol. The molecule has 2 rings (SSSR count). The quantitative estimate of drug-likeness (QED) is 0.801. The van der Waals surface area contributed by atoms with Crippen LogP contribution in [0.5, 0.6) is 0 Å². The van der Waals surface area contributed by atoms with Crippen molar-refractivity contribution in [2.24, 2.45) is 0 Å². The van der Waals surface area contributed by atoms with E-state index in [1.54, 1.807) is 5.38 Å². The highest BCUT2D eigenvalue weighted by Crippen LogP contribution is 2.35. The van der Waals surface area contributed by atoms with Gasteiger partial charge < -0.3 is 5.11 Å². The Balaban J connectivity index is 2.41. The molecule has 0 saturated heterocycles. The summed E-state index contributed by atoms with van der Waals surface area (Å²) in [6.45, 7) is 0. The zero-order chi connectivity index (χ0) is 14.2. The summed E-state index contributed by atoms with van der Waals surface area (Å²) < 4.78 is 50.8. The number of hydrogen-bond donors (Lipinski definition) is 1. The summed E-state index contributed by atoms with van der Waals surface area (Å²) in [5.74, 6) is -1.37. The molecule has 0 saturated carbocycles. The van der Waals surface area contributed by atoms with Crippen molar-refractivity contribution in [3.8, 4) is 0 Å². The first-order valence-corrected chi connectivity index (χ1v) is 6.33. The molecular formula is C12H7ClF4OS. The summed E-state index contributed by atoms with van der Waals surface area (Å²) in [6.07, 6.45) is -6.06. The third kappa shape index (κ3) is 3.08. The number of aliphatic hydroxyl groups is 1. The van der Waals surface area contributed by atoms with Crippen LogP contribution in [0, 0.1) is 5.82 Å². The zero-order valence-electron chi connectivity index (χ0n) is 9.21. The van der Waals surface area contributed by atoms with Gasteiger partial charge in [-0.15, -0.1) is 11.3 Å². The Hall–Kier alpha value is -1.11. The van der Waals surface area contributed by atoms with Gasteiger partial charge in [0.2, 0.25) is 0 Å². The van der Waals surface area contributed by atoms with Gasteiger partial charge in [0.05, 0.1) is 10.6 Å². The van der Waals surface area contributed by atoms with E-state index >= 15 is 0 Å². The van der Waals surface area contributed by atoms with Crippen LogP contribution < -0.4 is 0 Å². The van der Waals surface area contributed by atoms with Gasteiger partial charge in [0.25, 0.3) is 0 Å². The number of aliphatic hydroxyl groups excluding tert-OH is 1. The molecule has 0 bridgehead atoms. The topological polar surface area (TPSA) is 20.2 Å². The van der Waals surface area contributed by atoms with Crippen molar-refractivity contribution in [2.75, 3.05) is 0 Å². The van der Waals surface area contributed by atoms with E-state index in [2.05, 4.69) is 0 Å². The normalized spacial score (nSPS) is 13.6. The maximum absolute atomic E-state index is 13.1. The largest absolute Gasteiger partial charge is 0.419 e. The Morgan fingerprint density at radius 1 is 1.21 bits per heavy atom. The smallest absolute Gasteiger partial charge is 0.383 e. The van der Waals surface area contributed by atoms with Gasteiger partial charge in [0, 0.05) is 10.3 Å². The van der Waals surface area contributed by atoms with Crippen LogP contribution >= 0.6 is 22.9 Å². The lowest BCUT2D eigenvalue weighted by Gasteiger charge is -2.13. The van der Waals surface area contributed by atoms with E-state index in [-0.39, 0.29) is 5.56 Å². The second-order valence-corrected chi connectivity index (χ2v) is 5.19. The molecule has 1 aromatic carbocycles. The first-order chi connectivity index (χ1) is 8.79. The van der Waals surface area contributed by atoms with E-state index in [9.17, 15) is 22.7 Å². The Bertz CT molecular complexity index is 594. The number of thiophene rings is 1. The summed E-state index contributed by atoms with van der Waals surface area (Å²) >= 11 is 6.79. The molecule has 1 heterocycles. The second kappa shape index (κ2) is 5.11. The Morgan fingerprint density at radius 2 is 1.89 bits per heavy atom. The molecule has 0 spiro atoms. The summed E-state index contributed by atoms with van der Waals surface area (Å²) in [5, 5.41) is 11.9. The lowest BCUT2D eigenvalue weighted by Crippen LogP contribution is -2.10. The van der Waals surface area contributed by atoms with Crippen LogP contribution in [0.1, 0.15) is 22.1 Å². The highest BCUT2D eigenvalue weighted by Gasteiger charge is 2.34. The van der Waals surface area contributed by atoms with Gasteiger partial charge in [0.15, 0.2) is 0 Å². The van der Waals surface area contributed by atoms with Crippen LogP contribution in [0.25, 0.3) is 0 Å². The van der Waals surface area contributed by atoms with Gasteiger partial charge in [-0.1, -0.05) is 17.7 Å². The third-order valence-electron chi connectivity index (χ3n) is 2.47. The average Bonchev–Trinajstić information content (AvgIpc) is 2.74. The number of rotatable bonds is 2. The molecule has 1 unspecified atom stereocenters. The summed E-state index contributed by atoms with van der Waals surface area (Å²) in [6, 6.07) is 3.86. The number of halogens is 5. The first-order valence-electron chi connectivity index (χ1n) is 5.07. The molecule has 2 aromatic rings. The van der Waals surface area contributed by atoms with Gasteiger partial charge in [-0.25, -0.2) is 4.39 Å². The van der Waals surface area contributed by atoms with Crippen molar-refractivity contribution >= 4 is 22.9 Å². The summed E-state index contributed by atoms with van der Waals surface area (Å²) in [4.78, 5) is 0.393. The highest BCUT2D eigenvalue weighted by atomic mass is 35.5. The van der Waals surface area contributed by atoms with Gasteiger partial charge in [-0.3, -0.25) is 0 Å². The van der Waals surface area contributed by atoms with Crippen molar-refractivity contribution in [3.63, 3.8) is 0 Å². The van der Waals surface area contributed by atoms with Crippen LogP contribution in [-0.2, 0) is 6.18 Å². The lowest BCUT2D eigenvalue weighted by molar-refractivity contribution is -0.140. The van der Waals surface area contributed by atoms with E-state index < -0.39 is 23.7 Å². The molecule has 0 fully saturated rings. The van der Waals surface area contributed by atoms with E-state index in [0.29, 0.717) is 22.0 Å². The Labute approximate surface area is 115 Å². The third-order valence-corrected chi connectivity index (χ3v) is 3.80. The van der Waals surface area contributed by atoms with Crippen LogP contribution in [0.3, 0.4) is 0 Å². The van der Waals surface area contributed by atoms with Crippen LogP contribution in [-0.4, -0.2) is 5.11 Å². The van der Waals surface area contributed by atoms with Crippen molar-refractivity contribution in [1.82, 2.24) is 0 Å². The zero-order valence-corrected chi connectivity index (χ0v) is 10.8. The summed E-state index contributed by atoms with van der Waals surface area (Å²) in [5.41, 5.74) is -1.43. The van der Waals surface area contributed by atoms with Crippen LogP contribution in [0.2, 0.25) is 5.02 Å². The van der Waals surface area contributed by atoms with E-state index in [4.69, 9.17) is 11.6 Å². The summed E-state index contributed by atoms with van der Waals surface area (Å²) in [7, 11) is 0. The van der Waals surface area contributed by atoms with Crippen molar-refractivity contribution in [3.05, 3.63) is 56.5 Å². The fourth-order valence-electron chi connectivity index (χ4n) is 1.57. The van der Waals surface area contributed by atoms with Gasteiger partial charge >= 0.3 is 6.18 Å². The molecule has 1 aromatic heterocycles. The van der Waals surface area contributed by atoms with Gasteiger partial charge in [-0.2, -0.15) is 13.2 Å². The average molecular weight is 311 g/mol. The van der Waals surface area contributed by atoms with Gasteiger partial charge in [-0.05, 0) is 23.8 Å². The minimum absolute atomic E-state index is 0.0350. The fourth-order valence-corrected chi connectivity index (χ4v) is 2.66. The monoisotopic (exact) mass is 310 g/mol. The molecule has 0 aliphatic rings. The molecular weight excluding hydrogens is 304 g/mol. The molecule has 0 radical (unpaired) electrons. The molecule has 0 aliphatic carbocycles. The molecule has 1 nitrogen and oxygen atoms in total. The number of hydrogen-bond acceptors (Lipinski definition) is 2. The van der Waals surface area contributed by atoms with E-state index in [1.807, 2.05) is 0 Å². The predicted octanol–water partition coefficient (Wildman–Crippen LogP) is 4.64. The molecule has 7 heteroatoms. The molecule has 0 amide bonds. The second-order valence-electron chi connectivity index (χ2n) is 3.81. The van der Waals surface area contributed by atoms with Crippen molar-refractivity contribution < 1.29 is 22.7 Å². The Kier molecular flexibility index (Phi) is 3.85. The lowest BCUT2D eigenvalue weighted by atomic mass is 10.0.